The second-order valence-electron chi connectivity index (χ2n) is 9.63. The number of hydrogen-bond donors (Lipinski definition) is 2. The van der Waals surface area contributed by atoms with Crippen LogP contribution in [0.2, 0.25) is 0 Å². The number of aliphatic hydroxyl groups excluding tert-OH is 1. The minimum atomic E-state index is -0.853. The van der Waals surface area contributed by atoms with Gasteiger partial charge >= 0.3 is 0 Å². The number of thiazole rings is 1. The van der Waals surface area contributed by atoms with Crippen LogP contribution in [0.4, 0.5) is 0 Å². The molecule has 4 atom stereocenters. The van der Waals surface area contributed by atoms with E-state index in [0.29, 0.717) is 12.0 Å². The Morgan fingerprint density at radius 2 is 2.11 bits per heavy atom. The molecule has 1 saturated heterocycles. The Labute approximate surface area is 224 Å². The second kappa shape index (κ2) is 11.8. The van der Waals surface area contributed by atoms with E-state index in [4.69, 9.17) is 9.26 Å². The smallest absolute Gasteiger partial charge is 0.254 e. The number of nitrogens with one attached hydrogen (secondary N) is 1. The number of amides is 2. The van der Waals surface area contributed by atoms with Crippen LogP contribution in [0, 0.1) is 12.8 Å². The van der Waals surface area contributed by atoms with Crippen molar-refractivity contribution in [2.24, 2.45) is 5.92 Å². The monoisotopic (exact) mass is 541 g/mol. The second-order valence-corrected chi connectivity index (χ2v) is 10.5. The van der Waals surface area contributed by atoms with Gasteiger partial charge < -0.3 is 24.6 Å². The molecule has 11 nitrogen and oxygen atoms in total. The van der Waals surface area contributed by atoms with Crippen molar-refractivity contribution in [2.75, 3.05) is 13.2 Å². The third kappa shape index (κ3) is 5.91. The molecule has 3 aromatic rings. The summed E-state index contributed by atoms with van der Waals surface area (Å²) in [6.45, 7) is 7.30. The molecule has 38 heavy (non-hydrogen) atoms. The number of nitrogens with zero attached hydrogens (tertiary/aromatic N) is 4. The molecule has 0 aliphatic carbocycles. The zero-order valence-corrected chi connectivity index (χ0v) is 22.5. The van der Waals surface area contributed by atoms with Gasteiger partial charge in [-0.25, -0.2) is 4.98 Å². The normalized spacial score (nSPS) is 18.8. The summed E-state index contributed by atoms with van der Waals surface area (Å²) < 4.78 is 10.5. The number of pyridine rings is 1. The molecule has 0 saturated carbocycles. The number of aldehydes is 1. The van der Waals surface area contributed by atoms with Crippen molar-refractivity contribution in [3.63, 3.8) is 0 Å². The van der Waals surface area contributed by atoms with Crippen LogP contribution in [0.15, 0.2) is 34.4 Å². The summed E-state index contributed by atoms with van der Waals surface area (Å²) in [4.78, 5) is 48.7. The van der Waals surface area contributed by atoms with E-state index < -0.39 is 24.1 Å². The van der Waals surface area contributed by atoms with Gasteiger partial charge in [0.05, 0.1) is 33.9 Å². The van der Waals surface area contributed by atoms with Crippen molar-refractivity contribution in [1.29, 1.82) is 0 Å². The molecule has 1 aliphatic rings. The molecule has 12 heteroatoms. The molecule has 0 radical (unpaired) electrons. The van der Waals surface area contributed by atoms with Gasteiger partial charge in [0.1, 0.15) is 18.6 Å². The molecule has 0 bridgehead atoms. The average molecular weight is 542 g/mol. The van der Waals surface area contributed by atoms with E-state index in [-0.39, 0.29) is 48.9 Å². The van der Waals surface area contributed by atoms with E-state index in [2.05, 4.69) is 20.4 Å². The molecule has 202 valence electrons. The van der Waals surface area contributed by atoms with E-state index >= 15 is 0 Å². The minimum absolute atomic E-state index is 0.0261. The fraction of sp³-hybridized carbons (Fsp3) is 0.462. The van der Waals surface area contributed by atoms with Crippen LogP contribution in [0.5, 0.6) is 5.88 Å². The summed E-state index contributed by atoms with van der Waals surface area (Å²) in [6, 6.07) is 4.00. The standard InChI is InChI=1S/C26H31N5O6S/c1-14(2)23(21-10-22(30-37-21)36-8-7-32)26(35)31-12-18(33)9-20(31)25(34)29-15(3)19-6-5-17(11-27-19)24-16(4)28-13-38-24/h5-7,10-11,13-15,18,20,23,33H,8-9,12H2,1-4H3,(H,29,34)/t15?,18-,20+,23?/m1/s1. The largest absolute Gasteiger partial charge is 0.468 e. The number of aliphatic hydroxyl groups is 1. The zero-order chi connectivity index (χ0) is 27.4. The van der Waals surface area contributed by atoms with Gasteiger partial charge in [0, 0.05) is 30.8 Å². The van der Waals surface area contributed by atoms with Crippen LogP contribution < -0.4 is 10.1 Å². The molecule has 0 aromatic carbocycles. The Balaban J connectivity index is 1.46. The third-order valence-electron chi connectivity index (χ3n) is 6.51. The van der Waals surface area contributed by atoms with Gasteiger partial charge in [-0.1, -0.05) is 19.9 Å². The van der Waals surface area contributed by atoms with Crippen LogP contribution >= 0.6 is 11.3 Å². The highest BCUT2D eigenvalue weighted by Crippen LogP contribution is 2.33. The number of β-amino-alcohol motifs (C(OH)–C–C–N with tert-alkyl or cyclic N) is 1. The van der Waals surface area contributed by atoms with Crippen molar-refractivity contribution in [3.8, 4) is 16.3 Å². The van der Waals surface area contributed by atoms with Crippen molar-refractivity contribution < 1.29 is 28.8 Å². The Bertz CT molecular complexity index is 1270. The van der Waals surface area contributed by atoms with Gasteiger partial charge in [-0.2, -0.15) is 0 Å². The molecule has 4 heterocycles. The van der Waals surface area contributed by atoms with Gasteiger partial charge in [0.15, 0.2) is 12.0 Å². The Hall–Kier alpha value is -3.64. The van der Waals surface area contributed by atoms with Crippen molar-refractivity contribution in [3.05, 3.63) is 47.1 Å². The molecular weight excluding hydrogens is 510 g/mol. The van der Waals surface area contributed by atoms with E-state index in [1.165, 1.54) is 11.0 Å². The average Bonchev–Trinajstić information content (AvgIpc) is 3.62. The van der Waals surface area contributed by atoms with Gasteiger partial charge in [-0.15, -0.1) is 11.3 Å². The fourth-order valence-corrected chi connectivity index (χ4v) is 5.38. The highest BCUT2D eigenvalue weighted by atomic mass is 32.1. The summed E-state index contributed by atoms with van der Waals surface area (Å²) in [6.07, 6.45) is 1.63. The topological polar surface area (TPSA) is 148 Å². The van der Waals surface area contributed by atoms with Crippen molar-refractivity contribution in [2.45, 2.75) is 58.2 Å². The summed E-state index contributed by atoms with van der Waals surface area (Å²) in [5, 5.41) is 17.1. The molecular formula is C26H31N5O6S. The lowest BCUT2D eigenvalue weighted by atomic mass is 9.91. The molecule has 2 N–H and O–H groups in total. The Kier molecular flexibility index (Phi) is 8.52. The molecule has 1 aliphatic heterocycles. The molecule has 2 amide bonds. The first-order chi connectivity index (χ1) is 18.2. The van der Waals surface area contributed by atoms with Crippen LogP contribution in [-0.4, -0.2) is 68.5 Å². The SMILES string of the molecule is Cc1ncsc1-c1ccc(C(C)NC(=O)[C@@H]2C[C@@H](O)CN2C(=O)C(c2cc(OCC=O)no2)C(C)C)nc1. The van der Waals surface area contributed by atoms with Crippen molar-refractivity contribution in [1.82, 2.24) is 25.3 Å². The van der Waals surface area contributed by atoms with Crippen LogP contribution in [0.25, 0.3) is 10.4 Å². The van der Waals surface area contributed by atoms with E-state index in [1.54, 1.807) is 23.0 Å². The van der Waals surface area contributed by atoms with Gasteiger partial charge in [-0.3, -0.25) is 19.4 Å². The van der Waals surface area contributed by atoms with Crippen LogP contribution in [0.1, 0.15) is 56.3 Å². The highest BCUT2D eigenvalue weighted by Gasteiger charge is 2.43. The molecule has 4 rings (SSSR count). The van der Waals surface area contributed by atoms with Gasteiger partial charge in [0.2, 0.25) is 11.8 Å². The van der Waals surface area contributed by atoms with Gasteiger partial charge in [0.25, 0.3) is 5.88 Å². The number of carbonyl (C=O) groups is 3. The summed E-state index contributed by atoms with van der Waals surface area (Å²) in [7, 11) is 0. The van der Waals surface area contributed by atoms with Gasteiger partial charge in [-0.05, 0) is 31.0 Å². The number of carbonyl (C=O) groups excluding carboxylic acids is 3. The maximum Gasteiger partial charge on any atom is 0.254 e. The first-order valence-electron chi connectivity index (χ1n) is 12.4. The summed E-state index contributed by atoms with van der Waals surface area (Å²) in [5.74, 6) is -1.32. The number of aryl methyl sites for hydroxylation is 1. The maximum atomic E-state index is 13.6. The Morgan fingerprint density at radius 1 is 1.32 bits per heavy atom. The maximum absolute atomic E-state index is 13.6. The molecule has 1 fully saturated rings. The summed E-state index contributed by atoms with van der Waals surface area (Å²) in [5.41, 5.74) is 4.35. The van der Waals surface area contributed by atoms with E-state index in [1.807, 2.05) is 39.8 Å². The number of aromatic nitrogens is 3. The Morgan fingerprint density at radius 3 is 2.74 bits per heavy atom. The highest BCUT2D eigenvalue weighted by molar-refractivity contribution is 7.13. The van der Waals surface area contributed by atoms with Crippen LogP contribution in [-0.2, 0) is 14.4 Å². The number of hydrogen-bond acceptors (Lipinski definition) is 10. The van der Waals surface area contributed by atoms with Crippen LogP contribution in [0.3, 0.4) is 0 Å². The zero-order valence-electron chi connectivity index (χ0n) is 21.7. The lowest BCUT2D eigenvalue weighted by Gasteiger charge is -2.29. The lowest BCUT2D eigenvalue weighted by Crippen LogP contribution is -2.48. The third-order valence-corrected chi connectivity index (χ3v) is 7.48. The van der Waals surface area contributed by atoms with E-state index in [0.717, 1.165) is 16.1 Å². The lowest BCUT2D eigenvalue weighted by molar-refractivity contribution is -0.141. The fourth-order valence-electron chi connectivity index (χ4n) is 4.58. The molecule has 3 aromatic heterocycles. The minimum Gasteiger partial charge on any atom is -0.468 e. The predicted octanol–water partition coefficient (Wildman–Crippen LogP) is 2.66. The number of ether oxygens (including phenoxy) is 1. The molecule has 2 unspecified atom stereocenters. The van der Waals surface area contributed by atoms with E-state index in [9.17, 15) is 19.5 Å². The summed E-state index contributed by atoms with van der Waals surface area (Å²) >= 11 is 1.54. The first-order valence-corrected chi connectivity index (χ1v) is 13.3. The quantitative estimate of drug-likeness (QED) is 0.370. The number of rotatable bonds is 10. The molecule has 0 spiro atoms. The number of likely N-dealkylation sites (tertiary alicyclic amines) is 1. The first kappa shape index (κ1) is 27.4. The predicted molar refractivity (Wildman–Crippen MR) is 138 cm³/mol. The van der Waals surface area contributed by atoms with Crippen molar-refractivity contribution >= 4 is 29.4 Å².